The number of hydrogen-bond donors (Lipinski definition) is 0. The summed E-state index contributed by atoms with van der Waals surface area (Å²) in [6.07, 6.45) is 2.80. The maximum Gasteiger partial charge on any atom is 0.139 e. The molecular formula is C14H18BrN3. The summed E-state index contributed by atoms with van der Waals surface area (Å²) in [5.74, 6) is 1.70. The highest BCUT2D eigenvalue weighted by Crippen LogP contribution is 2.25. The summed E-state index contributed by atoms with van der Waals surface area (Å²) in [7, 11) is 2.09. The Hall–Kier alpha value is -1.16. The molecule has 0 bridgehead atoms. The zero-order chi connectivity index (χ0) is 13.1. The molecule has 0 radical (unpaired) electrons. The summed E-state index contributed by atoms with van der Waals surface area (Å²) in [6, 6.07) is 6.10. The fraction of sp³-hybridized carbons (Fsp3) is 0.429. The molecule has 1 aromatic carbocycles. The van der Waals surface area contributed by atoms with E-state index in [1.54, 1.807) is 6.33 Å². The van der Waals surface area contributed by atoms with Gasteiger partial charge in [-0.25, -0.2) is 9.97 Å². The number of nitrogens with zero attached hydrogens (tertiary/aromatic N) is 3. The maximum absolute atomic E-state index is 4.42. The van der Waals surface area contributed by atoms with E-state index in [-0.39, 0.29) is 0 Å². The van der Waals surface area contributed by atoms with E-state index in [1.807, 2.05) is 12.1 Å². The normalized spacial score (nSPS) is 11.2. The third-order valence-corrected chi connectivity index (χ3v) is 3.47. The summed E-state index contributed by atoms with van der Waals surface area (Å²) in [6.45, 7) is 5.49. The Labute approximate surface area is 116 Å². The predicted octanol–water partition coefficient (Wildman–Crippen LogP) is 3.87. The van der Waals surface area contributed by atoms with Crippen LogP contribution in [-0.4, -0.2) is 23.6 Å². The second-order valence-corrected chi connectivity index (χ2v) is 5.88. The molecule has 0 saturated carbocycles. The van der Waals surface area contributed by atoms with Crippen molar-refractivity contribution in [3.05, 3.63) is 29.0 Å². The Morgan fingerprint density at radius 1 is 1.28 bits per heavy atom. The summed E-state index contributed by atoms with van der Waals surface area (Å²) in [5, 5.41) is 1.10. The van der Waals surface area contributed by atoms with E-state index in [9.17, 15) is 0 Å². The number of fused-ring (bicyclic) bond motifs is 1. The zero-order valence-electron chi connectivity index (χ0n) is 11.0. The number of benzene rings is 1. The average Bonchev–Trinajstić information content (AvgIpc) is 2.35. The molecule has 0 N–H and O–H groups in total. The third kappa shape index (κ3) is 2.99. The summed E-state index contributed by atoms with van der Waals surface area (Å²) < 4.78 is 1.06. The molecule has 0 spiro atoms. The minimum Gasteiger partial charge on any atom is -0.359 e. The molecule has 2 aromatic rings. The Kier molecular flexibility index (Phi) is 4.17. The Morgan fingerprint density at radius 3 is 2.78 bits per heavy atom. The first-order valence-corrected chi connectivity index (χ1v) is 6.98. The second-order valence-electron chi connectivity index (χ2n) is 4.96. The van der Waals surface area contributed by atoms with Crippen LogP contribution in [0.25, 0.3) is 10.9 Å². The molecule has 1 aromatic heterocycles. The quantitative estimate of drug-likeness (QED) is 0.858. The van der Waals surface area contributed by atoms with Gasteiger partial charge in [-0.1, -0.05) is 29.8 Å². The molecule has 0 atom stereocenters. The number of hydrogen-bond acceptors (Lipinski definition) is 3. The van der Waals surface area contributed by atoms with Gasteiger partial charge in [0.05, 0.1) is 5.52 Å². The van der Waals surface area contributed by atoms with E-state index in [0.717, 1.165) is 34.2 Å². The van der Waals surface area contributed by atoms with E-state index >= 15 is 0 Å². The van der Waals surface area contributed by atoms with Crippen molar-refractivity contribution in [1.82, 2.24) is 9.97 Å². The van der Waals surface area contributed by atoms with Crippen LogP contribution in [0.4, 0.5) is 5.82 Å². The fourth-order valence-corrected chi connectivity index (χ4v) is 2.24. The minimum atomic E-state index is 0.701. The first-order valence-electron chi connectivity index (χ1n) is 6.19. The molecule has 4 heteroatoms. The molecule has 0 saturated heterocycles. The van der Waals surface area contributed by atoms with Crippen molar-refractivity contribution in [2.75, 3.05) is 18.5 Å². The van der Waals surface area contributed by atoms with Crippen molar-refractivity contribution in [3.63, 3.8) is 0 Å². The third-order valence-electron chi connectivity index (χ3n) is 2.98. The van der Waals surface area contributed by atoms with Crippen molar-refractivity contribution in [2.45, 2.75) is 20.3 Å². The Morgan fingerprint density at radius 2 is 2.06 bits per heavy atom. The highest BCUT2D eigenvalue weighted by Gasteiger charge is 2.09. The van der Waals surface area contributed by atoms with E-state index in [0.29, 0.717) is 5.92 Å². The largest absolute Gasteiger partial charge is 0.359 e. The predicted molar refractivity (Wildman–Crippen MR) is 80.0 cm³/mol. The van der Waals surface area contributed by atoms with Crippen LogP contribution in [0.2, 0.25) is 0 Å². The Bertz CT molecular complexity index is 540. The van der Waals surface area contributed by atoms with Crippen LogP contribution < -0.4 is 4.90 Å². The van der Waals surface area contributed by atoms with Crippen LogP contribution >= 0.6 is 15.9 Å². The van der Waals surface area contributed by atoms with Crippen molar-refractivity contribution < 1.29 is 0 Å². The topological polar surface area (TPSA) is 29.0 Å². The van der Waals surface area contributed by atoms with Crippen LogP contribution in [0, 0.1) is 5.92 Å². The van der Waals surface area contributed by atoms with Gasteiger partial charge in [0.15, 0.2) is 0 Å². The summed E-state index contributed by atoms with van der Waals surface area (Å²) in [4.78, 5) is 10.9. The number of halogens is 1. The van der Waals surface area contributed by atoms with Crippen LogP contribution in [-0.2, 0) is 0 Å². The van der Waals surface area contributed by atoms with Crippen molar-refractivity contribution in [3.8, 4) is 0 Å². The van der Waals surface area contributed by atoms with Gasteiger partial charge in [0.25, 0.3) is 0 Å². The molecule has 0 aliphatic heterocycles. The lowest BCUT2D eigenvalue weighted by atomic mass is 10.1. The van der Waals surface area contributed by atoms with Gasteiger partial charge in [-0.2, -0.15) is 0 Å². The van der Waals surface area contributed by atoms with Gasteiger partial charge in [-0.05, 0) is 30.5 Å². The molecule has 96 valence electrons. The van der Waals surface area contributed by atoms with Crippen LogP contribution in [0.1, 0.15) is 20.3 Å². The molecule has 0 fully saturated rings. The molecule has 0 aliphatic rings. The monoisotopic (exact) mass is 307 g/mol. The Balaban J connectivity index is 2.34. The molecule has 0 aliphatic carbocycles. The second kappa shape index (κ2) is 5.65. The van der Waals surface area contributed by atoms with Crippen molar-refractivity contribution in [2.24, 2.45) is 5.92 Å². The first-order chi connectivity index (χ1) is 8.58. The zero-order valence-corrected chi connectivity index (χ0v) is 12.6. The molecule has 2 rings (SSSR count). The number of rotatable bonds is 4. The van der Waals surface area contributed by atoms with E-state index < -0.39 is 0 Å². The average molecular weight is 308 g/mol. The minimum absolute atomic E-state index is 0.701. The molecular weight excluding hydrogens is 290 g/mol. The molecule has 0 unspecified atom stereocenters. The van der Waals surface area contributed by atoms with Crippen molar-refractivity contribution in [1.29, 1.82) is 0 Å². The standard InChI is InChI=1S/C14H18BrN3/c1-10(2)6-7-18(3)14-12-8-11(15)4-5-13(12)16-9-17-14/h4-5,8-10H,6-7H2,1-3H3. The van der Waals surface area contributed by atoms with E-state index in [4.69, 9.17) is 0 Å². The van der Waals surface area contributed by atoms with Crippen LogP contribution in [0.15, 0.2) is 29.0 Å². The molecule has 3 nitrogen and oxygen atoms in total. The molecule has 0 amide bonds. The fourth-order valence-electron chi connectivity index (χ4n) is 1.88. The van der Waals surface area contributed by atoms with Gasteiger partial charge in [-0.3, -0.25) is 0 Å². The van der Waals surface area contributed by atoms with Gasteiger partial charge in [-0.15, -0.1) is 0 Å². The van der Waals surface area contributed by atoms with E-state index in [2.05, 4.69) is 57.8 Å². The van der Waals surface area contributed by atoms with Crippen molar-refractivity contribution >= 4 is 32.7 Å². The molecule has 1 heterocycles. The first kappa shape index (κ1) is 13.3. The number of aromatic nitrogens is 2. The summed E-state index contributed by atoms with van der Waals surface area (Å²) >= 11 is 3.50. The lowest BCUT2D eigenvalue weighted by Crippen LogP contribution is -2.21. The lowest BCUT2D eigenvalue weighted by Gasteiger charge is -2.20. The van der Waals surface area contributed by atoms with Gasteiger partial charge in [0.2, 0.25) is 0 Å². The van der Waals surface area contributed by atoms with Gasteiger partial charge >= 0.3 is 0 Å². The number of anilines is 1. The highest BCUT2D eigenvalue weighted by atomic mass is 79.9. The van der Waals surface area contributed by atoms with Crippen LogP contribution in [0.5, 0.6) is 0 Å². The molecule has 18 heavy (non-hydrogen) atoms. The highest BCUT2D eigenvalue weighted by molar-refractivity contribution is 9.10. The van der Waals surface area contributed by atoms with Gasteiger partial charge in [0, 0.05) is 23.5 Å². The lowest BCUT2D eigenvalue weighted by molar-refractivity contribution is 0.584. The summed E-state index contributed by atoms with van der Waals surface area (Å²) in [5.41, 5.74) is 0.986. The van der Waals surface area contributed by atoms with Crippen LogP contribution in [0.3, 0.4) is 0 Å². The smallest absolute Gasteiger partial charge is 0.139 e. The maximum atomic E-state index is 4.42. The van der Waals surface area contributed by atoms with Gasteiger partial charge < -0.3 is 4.90 Å². The van der Waals surface area contributed by atoms with Gasteiger partial charge in [0.1, 0.15) is 12.1 Å². The SMILES string of the molecule is CC(C)CCN(C)c1ncnc2ccc(Br)cc12. The van der Waals surface area contributed by atoms with E-state index in [1.165, 1.54) is 0 Å².